The molecule has 0 amide bonds. The molecule has 0 spiro atoms. The molecule has 96 valence electrons. The molecule has 0 saturated heterocycles. The van der Waals surface area contributed by atoms with E-state index in [0.29, 0.717) is 12.4 Å². The fraction of sp³-hybridized carbons (Fsp3) is 0.462. The molecule has 5 nitrogen and oxygen atoms in total. The summed E-state index contributed by atoms with van der Waals surface area (Å²) in [7, 11) is 0. The average molecular weight is 248 g/mol. The summed E-state index contributed by atoms with van der Waals surface area (Å²) in [5, 5.41) is 19.5. The van der Waals surface area contributed by atoms with Gasteiger partial charge in [-0.3, -0.25) is 10.1 Å². The third-order valence-electron chi connectivity index (χ3n) is 2.55. The van der Waals surface area contributed by atoms with Crippen molar-refractivity contribution in [1.82, 2.24) is 0 Å². The molecule has 0 aliphatic rings. The number of hydrogen-bond acceptors (Lipinski definition) is 4. The highest BCUT2D eigenvalue weighted by atomic mass is 16.6. The first-order chi connectivity index (χ1) is 8.69. The molecule has 0 unspecified atom stereocenters. The van der Waals surface area contributed by atoms with Gasteiger partial charge < -0.3 is 4.74 Å². The Hall–Kier alpha value is -2.09. The molecule has 0 radical (unpaired) electrons. The van der Waals surface area contributed by atoms with Crippen molar-refractivity contribution in [2.24, 2.45) is 0 Å². The standard InChI is InChI=1S/C13H16N2O3/c1-2-3-4-5-8-18-12-6-7-13(15(16)17)11(9-12)10-14/h6-7,9H,2-5,8H2,1H3. The van der Waals surface area contributed by atoms with E-state index in [1.807, 2.05) is 0 Å². The van der Waals surface area contributed by atoms with Crippen LogP contribution in [-0.4, -0.2) is 11.5 Å². The van der Waals surface area contributed by atoms with Crippen LogP contribution in [-0.2, 0) is 0 Å². The molecule has 0 fully saturated rings. The van der Waals surface area contributed by atoms with Gasteiger partial charge in [0, 0.05) is 12.1 Å². The second-order valence-corrected chi connectivity index (χ2v) is 3.96. The summed E-state index contributed by atoms with van der Waals surface area (Å²) in [6.07, 6.45) is 4.39. The van der Waals surface area contributed by atoms with E-state index in [0.717, 1.165) is 19.3 Å². The first-order valence-corrected chi connectivity index (χ1v) is 6.00. The van der Waals surface area contributed by atoms with E-state index in [1.54, 1.807) is 6.07 Å². The van der Waals surface area contributed by atoms with E-state index in [2.05, 4.69) is 6.92 Å². The van der Waals surface area contributed by atoms with Crippen LogP contribution in [0, 0.1) is 21.4 Å². The number of nitro benzene ring substituents is 1. The molecule has 0 atom stereocenters. The van der Waals surface area contributed by atoms with Crippen LogP contribution in [0.3, 0.4) is 0 Å². The minimum atomic E-state index is -0.566. The van der Waals surface area contributed by atoms with Crippen LogP contribution in [0.2, 0.25) is 0 Å². The van der Waals surface area contributed by atoms with Crippen LogP contribution in [0.1, 0.15) is 38.2 Å². The minimum absolute atomic E-state index is 0.0334. The van der Waals surface area contributed by atoms with Gasteiger partial charge in [-0.2, -0.15) is 5.26 Å². The maximum atomic E-state index is 10.6. The maximum absolute atomic E-state index is 10.6. The highest BCUT2D eigenvalue weighted by Crippen LogP contribution is 2.23. The smallest absolute Gasteiger partial charge is 0.287 e. The van der Waals surface area contributed by atoms with Crippen molar-refractivity contribution in [3.8, 4) is 11.8 Å². The van der Waals surface area contributed by atoms with Crippen LogP contribution in [0.15, 0.2) is 18.2 Å². The predicted octanol–water partition coefficient (Wildman–Crippen LogP) is 3.43. The van der Waals surface area contributed by atoms with Crippen LogP contribution < -0.4 is 4.74 Å². The second-order valence-electron chi connectivity index (χ2n) is 3.96. The number of nitriles is 1. The molecule has 1 aromatic rings. The first-order valence-electron chi connectivity index (χ1n) is 6.00. The van der Waals surface area contributed by atoms with Gasteiger partial charge in [0.25, 0.3) is 5.69 Å². The largest absolute Gasteiger partial charge is 0.494 e. The Morgan fingerprint density at radius 1 is 1.39 bits per heavy atom. The Labute approximate surface area is 106 Å². The van der Waals surface area contributed by atoms with Crippen molar-refractivity contribution in [3.63, 3.8) is 0 Å². The second kappa shape index (κ2) is 7.28. The summed E-state index contributed by atoms with van der Waals surface area (Å²) >= 11 is 0. The molecule has 0 aliphatic carbocycles. The highest BCUT2D eigenvalue weighted by molar-refractivity contribution is 5.52. The SMILES string of the molecule is CCCCCCOc1ccc([N+](=O)[O-])c(C#N)c1. The zero-order valence-corrected chi connectivity index (χ0v) is 10.4. The van der Waals surface area contributed by atoms with Crippen LogP contribution in [0.4, 0.5) is 5.69 Å². The highest BCUT2D eigenvalue weighted by Gasteiger charge is 2.13. The van der Waals surface area contributed by atoms with Crippen LogP contribution >= 0.6 is 0 Å². The Morgan fingerprint density at radius 2 is 2.17 bits per heavy atom. The summed E-state index contributed by atoms with van der Waals surface area (Å²) in [6.45, 7) is 2.71. The number of ether oxygens (including phenoxy) is 1. The molecule has 5 heteroatoms. The quantitative estimate of drug-likeness (QED) is 0.421. The molecular weight excluding hydrogens is 232 g/mol. The van der Waals surface area contributed by atoms with Gasteiger partial charge in [0.2, 0.25) is 0 Å². The predicted molar refractivity (Wildman–Crippen MR) is 67.4 cm³/mol. The van der Waals surface area contributed by atoms with Gasteiger partial charge in [-0.15, -0.1) is 0 Å². The number of nitrogens with zero attached hydrogens (tertiary/aromatic N) is 2. The van der Waals surface area contributed by atoms with E-state index in [9.17, 15) is 10.1 Å². The number of unbranched alkanes of at least 4 members (excludes halogenated alkanes) is 3. The summed E-state index contributed by atoms with van der Waals surface area (Å²) < 4.78 is 5.46. The number of benzene rings is 1. The lowest BCUT2D eigenvalue weighted by molar-refractivity contribution is -0.385. The summed E-state index contributed by atoms with van der Waals surface area (Å²) in [6, 6.07) is 6.05. The van der Waals surface area contributed by atoms with Crippen molar-refractivity contribution in [1.29, 1.82) is 5.26 Å². The van der Waals surface area contributed by atoms with Gasteiger partial charge in [-0.05, 0) is 12.5 Å². The summed E-state index contributed by atoms with van der Waals surface area (Å²) in [5.41, 5.74) is -0.151. The van der Waals surface area contributed by atoms with E-state index in [1.165, 1.54) is 24.6 Å². The van der Waals surface area contributed by atoms with E-state index < -0.39 is 4.92 Å². The Morgan fingerprint density at radius 3 is 2.78 bits per heavy atom. The number of nitro groups is 1. The lowest BCUT2D eigenvalue weighted by Gasteiger charge is -2.06. The Kier molecular flexibility index (Phi) is 5.65. The first kappa shape index (κ1) is 14.0. The van der Waals surface area contributed by atoms with E-state index in [4.69, 9.17) is 10.00 Å². The zero-order chi connectivity index (χ0) is 13.4. The van der Waals surface area contributed by atoms with Crippen molar-refractivity contribution in [2.75, 3.05) is 6.61 Å². The van der Waals surface area contributed by atoms with Crippen molar-refractivity contribution in [2.45, 2.75) is 32.6 Å². The molecule has 1 aromatic carbocycles. The summed E-state index contributed by atoms with van der Waals surface area (Å²) in [4.78, 5) is 10.1. The molecular formula is C13H16N2O3. The lowest BCUT2D eigenvalue weighted by Crippen LogP contribution is -1.99. The zero-order valence-electron chi connectivity index (χ0n) is 10.4. The van der Waals surface area contributed by atoms with Gasteiger partial charge in [0.1, 0.15) is 17.4 Å². The van der Waals surface area contributed by atoms with Gasteiger partial charge in [-0.25, -0.2) is 0 Å². The van der Waals surface area contributed by atoms with Crippen molar-refractivity contribution in [3.05, 3.63) is 33.9 Å². The summed E-state index contributed by atoms with van der Waals surface area (Å²) in [5.74, 6) is 0.508. The molecule has 0 saturated carbocycles. The van der Waals surface area contributed by atoms with Crippen LogP contribution in [0.5, 0.6) is 5.75 Å². The fourth-order valence-corrected chi connectivity index (χ4v) is 1.57. The fourth-order valence-electron chi connectivity index (χ4n) is 1.57. The van der Waals surface area contributed by atoms with E-state index >= 15 is 0 Å². The molecule has 1 rings (SSSR count). The maximum Gasteiger partial charge on any atom is 0.287 e. The van der Waals surface area contributed by atoms with E-state index in [-0.39, 0.29) is 11.3 Å². The third-order valence-corrected chi connectivity index (χ3v) is 2.55. The normalized spacial score (nSPS) is 9.78. The van der Waals surface area contributed by atoms with Gasteiger partial charge in [0.05, 0.1) is 11.5 Å². The average Bonchev–Trinajstić information content (AvgIpc) is 2.38. The van der Waals surface area contributed by atoms with Crippen molar-refractivity contribution < 1.29 is 9.66 Å². The Bertz CT molecular complexity index is 452. The molecule has 18 heavy (non-hydrogen) atoms. The number of hydrogen-bond donors (Lipinski definition) is 0. The topological polar surface area (TPSA) is 76.2 Å². The van der Waals surface area contributed by atoms with Gasteiger partial charge >= 0.3 is 0 Å². The van der Waals surface area contributed by atoms with Crippen molar-refractivity contribution >= 4 is 5.69 Å². The molecule has 0 aromatic heterocycles. The van der Waals surface area contributed by atoms with Gasteiger partial charge in [-0.1, -0.05) is 26.2 Å². The van der Waals surface area contributed by atoms with Gasteiger partial charge in [0.15, 0.2) is 0 Å². The molecule has 0 aliphatic heterocycles. The minimum Gasteiger partial charge on any atom is -0.494 e. The molecule has 0 N–H and O–H groups in total. The monoisotopic (exact) mass is 248 g/mol. The number of rotatable bonds is 7. The molecule has 0 heterocycles. The Balaban J connectivity index is 2.58. The third kappa shape index (κ3) is 4.06. The lowest BCUT2D eigenvalue weighted by atomic mass is 10.2. The molecule has 0 bridgehead atoms. The van der Waals surface area contributed by atoms with Crippen LogP contribution in [0.25, 0.3) is 0 Å².